The number of nitrogens with one attached hydrogen (secondary N) is 1. The van der Waals surface area contributed by atoms with Crippen LogP contribution in [0.2, 0.25) is 0 Å². The predicted octanol–water partition coefficient (Wildman–Crippen LogP) is 2.03. The molecule has 5 rings (SSSR count). The van der Waals surface area contributed by atoms with E-state index in [1.54, 1.807) is 6.07 Å². The Balaban J connectivity index is 1.41. The van der Waals surface area contributed by atoms with Crippen LogP contribution in [0.5, 0.6) is 11.5 Å². The molecule has 2 aliphatic heterocycles. The van der Waals surface area contributed by atoms with E-state index < -0.39 is 15.8 Å². The predicted molar refractivity (Wildman–Crippen MR) is 95.5 cm³/mol. The van der Waals surface area contributed by atoms with E-state index >= 15 is 0 Å². The summed E-state index contributed by atoms with van der Waals surface area (Å²) in [5, 5.41) is 0. The number of hydrogen-bond acceptors (Lipinski definition) is 6. The molecule has 0 aliphatic carbocycles. The Labute approximate surface area is 154 Å². The molecule has 1 atom stereocenters. The highest BCUT2D eigenvalue weighted by Gasteiger charge is 2.34. The lowest BCUT2D eigenvalue weighted by Crippen LogP contribution is -2.28. The van der Waals surface area contributed by atoms with Crippen molar-refractivity contribution < 1.29 is 22.3 Å². The van der Waals surface area contributed by atoms with Gasteiger partial charge in [0, 0.05) is 19.2 Å². The summed E-state index contributed by atoms with van der Waals surface area (Å²) < 4.78 is 43.2. The fourth-order valence-electron chi connectivity index (χ4n) is 3.62. The number of oxazole rings is 1. The van der Waals surface area contributed by atoms with Crippen LogP contribution in [0.1, 0.15) is 17.9 Å². The fourth-order valence-corrected chi connectivity index (χ4v) is 5.14. The fraction of sp³-hybridized carbons (Fsp3) is 0.278. The number of aromatic amines is 1. The van der Waals surface area contributed by atoms with E-state index in [1.165, 1.54) is 16.4 Å². The SMILES string of the molecule is O=c1[nH]c2ccc(S(=O)(=O)N3CCC(c4ccc5c(c4)OCO5)C3)cc2o1. The zero-order valence-corrected chi connectivity index (χ0v) is 15.0. The zero-order valence-electron chi connectivity index (χ0n) is 14.2. The van der Waals surface area contributed by atoms with Gasteiger partial charge in [-0.1, -0.05) is 6.07 Å². The third-order valence-electron chi connectivity index (χ3n) is 5.05. The first-order valence-electron chi connectivity index (χ1n) is 8.53. The molecule has 1 N–H and O–H groups in total. The normalized spacial score (nSPS) is 19.8. The van der Waals surface area contributed by atoms with E-state index in [-0.39, 0.29) is 23.2 Å². The summed E-state index contributed by atoms with van der Waals surface area (Å²) in [4.78, 5) is 13.9. The first-order chi connectivity index (χ1) is 13.0. The number of fused-ring (bicyclic) bond motifs is 2. The van der Waals surface area contributed by atoms with Crippen molar-refractivity contribution in [1.29, 1.82) is 0 Å². The molecule has 3 aromatic rings. The number of benzene rings is 2. The van der Waals surface area contributed by atoms with Crippen molar-refractivity contribution in [2.24, 2.45) is 0 Å². The molecule has 3 heterocycles. The average molecular weight is 388 g/mol. The van der Waals surface area contributed by atoms with Crippen molar-refractivity contribution in [2.75, 3.05) is 19.9 Å². The van der Waals surface area contributed by atoms with Crippen molar-refractivity contribution in [3.63, 3.8) is 0 Å². The molecule has 0 radical (unpaired) electrons. The van der Waals surface area contributed by atoms with Gasteiger partial charge in [0.25, 0.3) is 0 Å². The van der Waals surface area contributed by atoms with Gasteiger partial charge in [-0.3, -0.25) is 4.98 Å². The molecular formula is C18H16N2O6S. The van der Waals surface area contributed by atoms with Crippen LogP contribution in [0.15, 0.2) is 50.5 Å². The minimum atomic E-state index is -3.67. The molecule has 1 fully saturated rings. The molecule has 1 saturated heterocycles. The maximum atomic E-state index is 13.0. The second-order valence-electron chi connectivity index (χ2n) is 6.63. The number of aromatic nitrogens is 1. The molecule has 2 aliphatic rings. The van der Waals surface area contributed by atoms with Gasteiger partial charge in [-0.15, -0.1) is 0 Å². The number of hydrogen-bond donors (Lipinski definition) is 1. The van der Waals surface area contributed by atoms with E-state index in [9.17, 15) is 13.2 Å². The monoisotopic (exact) mass is 388 g/mol. The summed E-state index contributed by atoms with van der Waals surface area (Å²) in [7, 11) is -3.67. The summed E-state index contributed by atoms with van der Waals surface area (Å²) in [6.07, 6.45) is 0.723. The van der Waals surface area contributed by atoms with E-state index in [0.717, 1.165) is 12.0 Å². The van der Waals surface area contributed by atoms with Gasteiger partial charge in [-0.25, -0.2) is 13.2 Å². The van der Waals surface area contributed by atoms with Crippen molar-refractivity contribution in [2.45, 2.75) is 17.2 Å². The minimum absolute atomic E-state index is 0.0863. The first-order valence-corrected chi connectivity index (χ1v) is 9.97. The Morgan fingerprint density at radius 3 is 2.81 bits per heavy atom. The number of H-pyrrole nitrogens is 1. The number of rotatable bonds is 3. The third kappa shape index (κ3) is 2.70. The van der Waals surface area contributed by atoms with E-state index in [0.29, 0.717) is 30.1 Å². The maximum Gasteiger partial charge on any atom is 0.417 e. The van der Waals surface area contributed by atoms with Gasteiger partial charge < -0.3 is 13.9 Å². The Morgan fingerprint density at radius 1 is 1.07 bits per heavy atom. The van der Waals surface area contributed by atoms with Crippen LogP contribution in [-0.4, -0.2) is 37.6 Å². The van der Waals surface area contributed by atoms with Gasteiger partial charge in [0.05, 0.1) is 10.4 Å². The van der Waals surface area contributed by atoms with Crippen LogP contribution in [-0.2, 0) is 10.0 Å². The van der Waals surface area contributed by atoms with Crippen LogP contribution in [0.4, 0.5) is 0 Å². The summed E-state index contributed by atoms with van der Waals surface area (Å²) in [5.74, 6) is 0.885. The highest BCUT2D eigenvalue weighted by Crippen LogP contribution is 2.38. The molecule has 1 unspecified atom stereocenters. The molecule has 2 aromatic carbocycles. The van der Waals surface area contributed by atoms with E-state index in [2.05, 4.69) is 4.98 Å². The standard InChI is InChI=1S/C18H16N2O6S/c21-18-19-14-3-2-13(8-16(14)26-18)27(22,23)20-6-5-12(9-20)11-1-4-15-17(7-11)25-10-24-15/h1-4,7-8,12H,5-6,9-10H2,(H,19,21). The molecule has 140 valence electrons. The quantitative estimate of drug-likeness (QED) is 0.737. The molecule has 8 nitrogen and oxygen atoms in total. The lowest BCUT2D eigenvalue weighted by atomic mass is 9.98. The smallest absolute Gasteiger partial charge is 0.417 e. The van der Waals surface area contributed by atoms with Gasteiger partial charge in [0.1, 0.15) is 0 Å². The second kappa shape index (κ2) is 5.86. The third-order valence-corrected chi connectivity index (χ3v) is 6.91. The van der Waals surface area contributed by atoms with Crippen molar-refractivity contribution >= 4 is 21.1 Å². The van der Waals surface area contributed by atoms with Crippen LogP contribution in [0, 0.1) is 0 Å². The van der Waals surface area contributed by atoms with E-state index in [1.807, 2.05) is 18.2 Å². The van der Waals surface area contributed by atoms with Gasteiger partial charge in [0.2, 0.25) is 16.8 Å². The molecule has 27 heavy (non-hydrogen) atoms. The highest BCUT2D eigenvalue weighted by atomic mass is 32.2. The van der Waals surface area contributed by atoms with Crippen LogP contribution in [0.25, 0.3) is 11.1 Å². The summed E-state index contributed by atoms with van der Waals surface area (Å²) in [6.45, 7) is 1.02. The van der Waals surface area contributed by atoms with Gasteiger partial charge in [-0.2, -0.15) is 4.31 Å². The molecule has 0 bridgehead atoms. The molecule has 0 spiro atoms. The first kappa shape index (κ1) is 16.4. The summed E-state index contributed by atoms with van der Waals surface area (Å²) in [6, 6.07) is 10.1. The maximum absolute atomic E-state index is 13.0. The van der Waals surface area contributed by atoms with Crippen LogP contribution >= 0.6 is 0 Å². The largest absolute Gasteiger partial charge is 0.454 e. The molecule has 0 saturated carbocycles. The van der Waals surface area contributed by atoms with Crippen molar-refractivity contribution in [3.8, 4) is 11.5 Å². The number of sulfonamides is 1. The topological polar surface area (TPSA) is 102 Å². The Morgan fingerprint density at radius 2 is 1.93 bits per heavy atom. The molecule has 9 heteroatoms. The highest BCUT2D eigenvalue weighted by molar-refractivity contribution is 7.89. The Kier molecular flexibility index (Phi) is 3.56. The lowest BCUT2D eigenvalue weighted by Gasteiger charge is -2.17. The summed E-state index contributed by atoms with van der Waals surface area (Å²) >= 11 is 0. The molecular weight excluding hydrogens is 372 g/mol. The van der Waals surface area contributed by atoms with Crippen molar-refractivity contribution in [3.05, 3.63) is 52.5 Å². The van der Waals surface area contributed by atoms with Crippen LogP contribution in [0.3, 0.4) is 0 Å². The molecule has 1 aromatic heterocycles. The Hall–Kier alpha value is -2.78. The van der Waals surface area contributed by atoms with Crippen molar-refractivity contribution in [1.82, 2.24) is 9.29 Å². The van der Waals surface area contributed by atoms with Crippen LogP contribution < -0.4 is 15.2 Å². The average Bonchev–Trinajstić information content (AvgIpc) is 3.38. The Bertz CT molecular complexity index is 1200. The number of ether oxygens (including phenoxy) is 2. The lowest BCUT2D eigenvalue weighted by molar-refractivity contribution is 0.174. The van der Waals surface area contributed by atoms with Gasteiger partial charge >= 0.3 is 5.76 Å². The van der Waals surface area contributed by atoms with E-state index in [4.69, 9.17) is 13.9 Å². The second-order valence-corrected chi connectivity index (χ2v) is 8.57. The van der Waals surface area contributed by atoms with Gasteiger partial charge in [-0.05, 0) is 42.2 Å². The minimum Gasteiger partial charge on any atom is -0.454 e. The number of nitrogens with zero attached hydrogens (tertiary/aromatic N) is 1. The zero-order chi connectivity index (χ0) is 18.6. The molecule has 0 amide bonds. The summed E-state index contributed by atoms with van der Waals surface area (Å²) in [5.41, 5.74) is 1.73. The van der Waals surface area contributed by atoms with Gasteiger partial charge in [0.15, 0.2) is 17.1 Å².